The normalized spacial score (nSPS) is 15.5. The van der Waals surface area contributed by atoms with Crippen LogP contribution < -0.4 is 10.2 Å². The number of nitriles is 1. The Hall–Kier alpha value is -3.98. The number of aromatic nitrogens is 2. The Morgan fingerprint density at radius 2 is 1.94 bits per heavy atom. The number of halogens is 3. The molecule has 2 N–H and O–H groups in total. The molecule has 0 radical (unpaired) electrons. The molecule has 1 saturated heterocycles. The van der Waals surface area contributed by atoms with E-state index in [0.29, 0.717) is 37.9 Å². The number of nitrogens with one attached hydrogen (secondary N) is 1. The van der Waals surface area contributed by atoms with Crippen molar-refractivity contribution < 1.29 is 27.9 Å². The van der Waals surface area contributed by atoms with Gasteiger partial charge in [-0.05, 0) is 49.1 Å². The number of carbonyl (C=O) groups is 2. The van der Waals surface area contributed by atoms with Crippen LogP contribution in [0.4, 0.5) is 19.0 Å². The first-order valence-electron chi connectivity index (χ1n) is 11.0. The summed E-state index contributed by atoms with van der Waals surface area (Å²) in [5.74, 6) is -2.90. The third-order valence-electron chi connectivity index (χ3n) is 5.68. The molecule has 186 valence electrons. The van der Waals surface area contributed by atoms with Gasteiger partial charge in [0.1, 0.15) is 16.7 Å². The summed E-state index contributed by atoms with van der Waals surface area (Å²) in [5.41, 5.74) is 1.41. The molecule has 3 heterocycles. The highest BCUT2D eigenvalue weighted by Crippen LogP contribution is 2.35. The maximum atomic E-state index is 13.6. The van der Waals surface area contributed by atoms with Crippen LogP contribution in [0.3, 0.4) is 0 Å². The fourth-order valence-corrected chi connectivity index (χ4v) is 4.74. The highest BCUT2D eigenvalue weighted by atomic mass is 32.1. The number of hydrogen-bond acceptors (Lipinski definition) is 7. The van der Waals surface area contributed by atoms with E-state index in [1.165, 1.54) is 23.1 Å². The second-order valence-electron chi connectivity index (χ2n) is 8.10. The summed E-state index contributed by atoms with van der Waals surface area (Å²) in [6, 6.07) is 12.4. The summed E-state index contributed by atoms with van der Waals surface area (Å²) in [6.45, 7) is 0.664. The molecule has 1 aromatic carbocycles. The Bertz CT molecular complexity index is 1320. The number of carboxylic acids is 1. The fourth-order valence-electron chi connectivity index (χ4n) is 3.93. The van der Waals surface area contributed by atoms with Gasteiger partial charge >= 0.3 is 12.1 Å². The lowest BCUT2D eigenvalue weighted by molar-refractivity contribution is -0.144. The molecule has 8 nitrogen and oxygen atoms in total. The molecular weight excluding hydrogens is 495 g/mol. The lowest BCUT2D eigenvalue weighted by atomic mass is 10.1. The molecule has 0 saturated carbocycles. The van der Waals surface area contributed by atoms with Crippen molar-refractivity contribution in [2.75, 3.05) is 18.0 Å². The molecule has 0 spiro atoms. The van der Waals surface area contributed by atoms with E-state index in [2.05, 4.69) is 15.3 Å². The van der Waals surface area contributed by atoms with Crippen molar-refractivity contribution in [3.63, 3.8) is 0 Å². The van der Waals surface area contributed by atoms with Gasteiger partial charge in [0.15, 0.2) is 0 Å². The summed E-state index contributed by atoms with van der Waals surface area (Å²) in [6.07, 6.45) is -3.25. The molecule has 2 aromatic heterocycles. The van der Waals surface area contributed by atoms with Gasteiger partial charge in [-0.15, -0.1) is 11.3 Å². The molecule has 1 aliphatic rings. The quantitative estimate of drug-likeness (QED) is 0.486. The van der Waals surface area contributed by atoms with E-state index in [1.54, 1.807) is 24.3 Å². The molecule has 1 aliphatic heterocycles. The van der Waals surface area contributed by atoms with Crippen LogP contribution in [-0.4, -0.2) is 46.1 Å². The lowest BCUT2D eigenvalue weighted by Crippen LogP contribution is -2.44. The van der Waals surface area contributed by atoms with Gasteiger partial charge in [0.05, 0.1) is 22.2 Å². The van der Waals surface area contributed by atoms with Gasteiger partial charge in [-0.25, -0.2) is 14.8 Å². The Balaban J connectivity index is 1.53. The van der Waals surface area contributed by atoms with Crippen molar-refractivity contribution in [3.05, 3.63) is 64.3 Å². The average molecular weight is 516 g/mol. The third kappa shape index (κ3) is 5.63. The second kappa shape index (κ2) is 10.3. The summed E-state index contributed by atoms with van der Waals surface area (Å²) >= 11 is 0.810. The summed E-state index contributed by atoms with van der Waals surface area (Å²) in [5, 5.41) is 20.9. The first-order valence-corrected chi connectivity index (χ1v) is 11.8. The number of carbonyl (C=O) groups excluding carboxylic acids is 1. The van der Waals surface area contributed by atoms with Gasteiger partial charge in [0.25, 0.3) is 0 Å². The van der Waals surface area contributed by atoms with E-state index in [4.69, 9.17) is 10.4 Å². The smallest absolute Gasteiger partial charge is 0.451 e. The number of aromatic carboxylic acids is 1. The maximum absolute atomic E-state index is 13.6. The summed E-state index contributed by atoms with van der Waals surface area (Å²) in [7, 11) is 0. The number of hydrogen-bond donors (Lipinski definition) is 2. The predicted molar refractivity (Wildman–Crippen MR) is 126 cm³/mol. The van der Waals surface area contributed by atoms with Gasteiger partial charge in [-0.3, -0.25) is 4.79 Å². The minimum Gasteiger partial charge on any atom is -0.477 e. The monoisotopic (exact) mass is 515 g/mol. The molecule has 0 bridgehead atoms. The van der Waals surface area contributed by atoms with E-state index in [0.717, 1.165) is 16.9 Å². The zero-order valence-electron chi connectivity index (χ0n) is 18.7. The van der Waals surface area contributed by atoms with Crippen molar-refractivity contribution in [2.24, 2.45) is 0 Å². The van der Waals surface area contributed by atoms with E-state index in [-0.39, 0.29) is 27.2 Å². The minimum absolute atomic E-state index is 0.0283. The van der Waals surface area contributed by atoms with Crippen molar-refractivity contribution in [1.29, 1.82) is 5.26 Å². The number of benzene rings is 1. The molecular formula is C24H20F3N5O3S. The first-order chi connectivity index (χ1) is 17.2. The lowest BCUT2D eigenvalue weighted by Gasteiger charge is -2.26. The van der Waals surface area contributed by atoms with Gasteiger partial charge in [0.2, 0.25) is 11.7 Å². The van der Waals surface area contributed by atoms with Gasteiger partial charge in [-0.2, -0.15) is 18.4 Å². The number of thiophene rings is 1. The van der Waals surface area contributed by atoms with Crippen LogP contribution in [0.25, 0.3) is 10.6 Å². The van der Waals surface area contributed by atoms with Crippen LogP contribution in [-0.2, 0) is 17.4 Å². The Kier molecular flexibility index (Phi) is 7.21. The zero-order valence-corrected chi connectivity index (χ0v) is 19.6. The second-order valence-corrected chi connectivity index (χ2v) is 9.19. The van der Waals surface area contributed by atoms with Crippen LogP contribution >= 0.6 is 11.3 Å². The van der Waals surface area contributed by atoms with Crippen molar-refractivity contribution >= 4 is 29.0 Å². The molecule has 12 heteroatoms. The van der Waals surface area contributed by atoms with Gasteiger partial charge in [-0.1, -0.05) is 12.1 Å². The minimum atomic E-state index is -4.82. The van der Waals surface area contributed by atoms with Crippen molar-refractivity contribution in [1.82, 2.24) is 15.3 Å². The number of alkyl halides is 3. The van der Waals surface area contributed by atoms with E-state index >= 15 is 0 Å². The van der Waals surface area contributed by atoms with Crippen LogP contribution in [0, 0.1) is 11.3 Å². The van der Waals surface area contributed by atoms with Crippen LogP contribution in [0.5, 0.6) is 0 Å². The van der Waals surface area contributed by atoms with E-state index in [1.807, 2.05) is 6.07 Å². The highest BCUT2D eigenvalue weighted by Gasteiger charge is 2.38. The van der Waals surface area contributed by atoms with E-state index < -0.39 is 24.0 Å². The molecule has 0 aliphatic carbocycles. The number of amides is 1. The standard InChI is InChI=1S/C24H20F3N5O3S/c25-24(26,27)23-30-16(18-7-8-19(36-18)22(34)35)12-20(31-23)32-11-1-2-17(32)21(33)29-10-9-14-3-5-15(13-28)6-4-14/h3-8,12,17H,1-2,9-11H2,(H,29,33)(H,34,35). The van der Waals surface area contributed by atoms with Crippen molar-refractivity contribution in [3.8, 4) is 16.6 Å². The topological polar surface area (TPSA) is 119 Å². The maximum Gasteiger partial charge on any atom is 0.451 e. The van der Waals surface area contributed by atoms with Crippen LogP contribution in [0.1, 0.15) is 39.5 Å². The van der Waals surface area contributed by atoms with E-state index in [9.17, 15) is 22.8 Å². The molecule has 1 atom stereocenters. The number of carboxylic acid groups (broad SMARTS) is 1. The number of anilines is 1. The average Bonchev–Trinajstić information content (AvgIpc) is 3.54. The molecule has 1 amide bonds. The largest absolute Gasteiger partial charge is 0.477 e. The summed E-state index contributed by atoms with van der Waals surface area (Å²) in [4.78, 5) is 33.2. The Morgan fingerprint density at radius 1 is 1.19 bits per heavy atom. The van der Waals surface area contributed by atoms with Gasteiger partial charge in [0, 0.05) is 19.2 Å². The predicted octanol–water partition coefficient (Wildman–Crippen LogP) is 4.12. The van der Waals surface area contributed by atoms with Crippen LogP contribution in [0.2, 0.25) is 0 Å². The number of rotatable bonds is 7. The number of nitrogens with zero attached hydrogens (tertiary/aromatic N) is 4. The molecule has 4 rings (SSSR count). The van der Waals surface area contributed by atoms with Crippen LogP contribution in [0.15, 0.2) is 42.5 Å². The molecule has 36 heavy (non-hydrogen) atoms. The Labute approximate surface area is 208 Å². The molecule has 1 unspecified atom stereocenters. The summed E-state index contributed by atoms with van der Waals surface area (Å²) < 4.78 is 40.8. The third-order valence-corrected chi connectivity index (χ3v) is 6.78. The fraction of sp³-hybridized carbons (Fsp3) is 0.292. The SMILES string of the molecule is N#Cc1ccc(CCNC(=O)C2CCCN2c2cc(-c3ccc(C(=O)O)s3)nc(C(F)(F)F)n2)cc1. The highest BCUT2D eigenvalue weighted by molar-refractivity contribution is 7.17. The molecule has 3 aromatic rings. The zero-order chi connectivity index (χ0) is 25.9. The molecule has 1 fully saturated rings. The van der Waals surface area contributed by atoms with Gasteiger partial charge < -0.3 is 15.3 Å². The van der Waals surface area contributed by atoms with Crippen molar-refractivity contribution in [2.45, 2.75) is 31.5 Å². The Morgan fingerprint density at radius 3 is 2.58 bits per heavy atom. The first kappa shape index (κ1) is 25.1.